The number of hydrogen-bond donors (Lipinski definition) is 2. The molecule has 0 bridgehead atoms. The van der Waals surface area contributed by atoms with Gasteiger partial charge in [-0.3, -0.25) is 0 Å². The largest absolute Gasteiger partial charge is 0.366 e. The van der Waals surface area contributed by atoms with Crippen LogP contribution in [0, 0.1) is 5.82 Å². The predicted molar refractivity (Wildman–Crippen MR) is 77.9 cm³/mol. The van der Waals surface area contributed by atoms with E-state index in [0.29, 0.717) is 12.6 Å². The van der Waals surface area contributed by atoms with E-state index in [4.69, 9.17) is 0 Å². The highest BCUT2D eigenvalue weighted by molar-refractivity contribution is 5.37. The summed E-state index contributed by atoms with van der Waals surface area (Å²) in [6.07, 6.45) is 2.34. The number of nitrogens with one attached hydrogen (secondary N) is 2. The van der Waals surface area contributed by atoms with E-state index in [1.807, 2.05) is 18.2 Å². The van der Waals surface area contributed by atoms with Crippen LogP contribution in [0.3, 0.4) is 0 Å². The molecular formula is C16H18FN3. The Kier molecular flexibility index (Phi) is 3.92. The molecule has 0 aliphatic carbocycles. The van der Waals surface area contributed by atoms with Crippen LogP contribution in [0.15, 0.2) is 42.5 Å². The van der Waals surface area contributed by atoms with Gasteiger partial charge in [0, 0.05) is 12.6 Å². The van der Waals surface area contributed by atoms with Gasteiger partial charge >= 0.3 is 0 Å². The summed E-state index contributed by atoms with van der Waals surface area (Å²) in [5.41, 5.74) is 1.99. The summed E-state index contributed by atoms with van der Waals surface area (Å²) >= 11 is 0. The average molecular weight is 271 g/mol. The smallest absolute Gasteiger partial charge is 0.126 e. The van der Waals surface area contributed by atoms with E-state index in [1.54, 1.807) is 6.07 Å². The van der Waals surface area contributed by atoms with Gasteiger partial charge in [-0.05, 0) is 49.2 Å². The third-order valence-electron chi connectivity index (χ3n) is 3.55. The lowest BCUT2D eigenvalue weighted by atomic mass is 10.1. The van der Waals surface area contributed by atoms with Crippen LogP contribution in [0.2, 0.25) is 0 Å². The second kappa shape index (κ2) is 6.01. The van der Waals surface area contributed by atoms with Gasteiger partial charge in [-0.15, -0.1) is 0 Å². The van der Waals surface area contributed by atoms with E-state index in [-0.39, 0.29) is 5.82 Å². The van der Waals surface area contributed by atoms with Crippen molar-refractivity contribution >= 4 is 5.82 Å². The fourth-order valence-corrected chi connectivity index (χ4v) is 2.52. The van der Waals surface area contributed by atoms with Crippen molar-refractivity contribution in [1.82, 2.24) is 10.3 Å². The SMILES string of the molecule is Fc1cccc(CNc2cccc(C3CCCN3)n2)c1. The first-order chi connectivity index (χ1) is 9.81. The standard InChI is InChI=1S/C16H18FN3/c17-13-5-1-4-12(10-13)11-19-16-8-2-6-15(20-16)14-7-3-9-18-14/h1-2,4-6,8,10,14,18H,3,7,9,11H2,(H,19,20). The first kappa shape index (κ1) is 13.1. The zero-order chi connectivity index (χ0) is 13.8. The van der Waals surface area contributed by atoms with Gasteiger partial charge in [0.05, 0.1) is 5.69 Å². The molecule has 3 rings (SSSR count). The number of pyridine rings is 1. The number of aromatic nitrogens is 1. The molecule has 1 fully saturated rings. The minimum atomic E-state index is -0.207. The first-order valence-electron chi connectivity index (χ1n) is 7.00. The minimum absolute atomic E-state index is 0.207. The minimum Gasteiger partial charge on any atom is -0.366 e. The van der Waals surface area contributed by atoms with Crippen LogP contribution in [0.5, 0.6) is 0 Å². The monoisotopic (exact) mass is 271 g/mol. The molecule has 1 saturated heterocycles. The fraction of sp³-hybridized carbons (Fsp3) is 0.312. The molecule has 2 aromatic rings. The van der Waals surface area contributed by atoms with Gasteiger partial charge in [0.25, 0.3) is 0 Å². The van der Waals surface area contributed by atoms with Crippen LogP contribution in [0.25, 0.3) is 0 Å². The zero-order valence-corrected chi connectivity index (χ0v) is 11.3. The second-order valence-corrected chi connectivity index (χ2v) is 5.08. The van der Waals surface area contributed by atoms with Crippen molar-refractivity contribution in [2.75, 3.05) is 11.9 Å². The van der Waals surface area contributed by atoms with Gasteiger partial charge in [0.2, 0.25) is 0 Å². The molecule has 1 aromatic carbocycles. The summed E-state index contributed by atoms with van der Waals surface area (Å²) in [7, 11) is 0. The van der Waals surface area contributed by atoms with Gasteiger partial charge in [0.15, 0.2) is 0 Å². The topological polar surface area (TPSA) is 37.0 Å². The summed E-state index contributed by atoms with van der Waals surface area (Å²) < 4.78 is 13.1. The van der Waals surface area contributed by atoms with Crippen molar-refractivity contribution in [3.63, 3.8) is 0 Å². The Labute approximate surface area is 118 Å². The molecule has 0 saturated carbocycles. The Morgan fingerprint density at radius 1 is 1.25 bits per heavy atom. The van der Waals surface area contributed by atoms with Gasteiger partial charge in [0.1, 0.15) is 11.6 Å². The van der Waals surface area contributed by atoms with Crippen LogP contribution in [0.4, 0.5) is 10.2 Å². The molecule has 2 heterocycles. The lowest BCUT2D eigenvalue weighted by Crippen LogP contribution is -2.14. The lowest BCUT2D eigenvalue weighted by Gasteiger charge is -2.12. The molecule has 1 atom stereocenters. The maximum absolute atomic E-state index is 13.1. The molecule has 1 aromatic heterocycles. The van der Waals surface area contributed by atoms with Crippen molar-refractivity contribution in [1.29, 1.82) is 0 Å². The summed E-state index contributed by atoms with van der Waals surface area (Å²) in [4.78, 5) is 4.62. The van der Waals surface area contributed by atoms with E-state index in [1.165, 1.54) is 18.6 Å². The first-order valence-corrected chi connectivity index (χ1v) is 7.00. The van der Waals surface area contributed by atoms with E-state index in [2.05, 4.69) is 21.7 Å². The Hall–Kier alpha value is -1.94. The van der Waals surface area contributed by atoms with Crippen LogP contribution in [-0.4, -0.2) is 11.5 Å². The van der Waals surface area contributed by atoms with Gasteiger partial charge in [-0.1, -0.05) is 18.2 Å². The Bertz CT molecular complexity index is 579. The molecule has 1 aliphatic rings. The Balaban J connectivity index is 1.66. The maximum Gasteiger partial charge on any atom is 0.126 e. The lowest BCUT2D eigenvalue weighted by molar-refractivity contribution is 0.625. The summed E-state index contributed by atoms with van der Waals surface area (Å²) in [6, 6.07) is 13.0. The van der Waals surface area contributed by atoms with Crippen molar-refractivity contribution in [3.8, 4) is 0 Å². The highest BCUT2D eigenvalue weighted by atomic mass is 19.1. The van der Waals surface area contributed by atoms with Gasteiger partial charge in [-0.2, -0.15) is 0 Å². The zero-order valence-electron chi connectivity index (χ0n) is 11.3. The van der Waals surface area contributed by atoms with Gasteiger partial charge in [-0.25, -0.2) is 9.37 Å². The van der Waals surface area contributed by atoms with Crippen molar-refractivity contribution in [2.24, 2.45) is 0 Å². The van der Waals surface area contributed by atoms with E-state index in [0.717, 1.165) is 30.0 Å². The molecule has 4 heteroatoms. The molecule has 2 N–H and O–H groups in total. The van der Waals surface area contributed by atoms with E-state index >= 15 is 0 Å². The normalized spacial score (nSPS) is 18.1. The highest BCUT2D eigenvalue weighted by Gasteiger charge is 2.17. The number of anilines is 1. The third kappa shape index (κ3) is 3.14. The van der Waals surface area contributed by atoms with Crippen LogP contribution in [-0.2, 0) is 6.54 Å². The molecule has 20 heavy (non-hydrogen) atoms. The van der Waals surface area contributed by atoms with Crippen LogP contribution in [0.1, 0.15) is 30.1 Å². The quantitative estimate of drug-likeness (QED) is 0.896. The number of rotatable bonds is 4. The number of halogens is 1. The van der Waals surface area contributed by atoms with E-state index < -0.39 is 0 Å². The number of benzene rings is 1. The highest BCUT2D eigenvalue weighted by Crippen LogP contribution is 2.22. The Morgan fingerprint density at radius 2 is 2.15 bits per heavy atom. The van der Waals surface area contributed by atoms with Crippen molar-refractivity contribution in [3.05, 3.63) is 59.5 Å². The fourth-order valence-electron chi connectivity index (χ4n) is 2.52. The molecule has 0 amide bonds. The van der Waals surface area contributed by atoms with Gasteiger partial charge < -0.3 is 10.6 Å². The average Bonchev–Trinajstić information content (AvgIpc) is 3.00. The van der Waals surface area contributed by atoms with Crippen molar-refractivity contribution < 1.29 is 4.39 Å². The summed E-state index contributed by atoms with van der Waals surface area (Å²) in [5, 5.41) is 6.69. The molecule has 0 radical (unpaired) electrons. The molecular weight excluding hydrogens is 253 g/mol. The molecule has 1 unspecified atom stereocenters. The number of nitrogens with zero attached hydrogens (tertiary/aromatic N) is 1. The third-order valence-corrected chi connectivity index (χ3v) is 3.55. The molecule has 1 aliphatic heterocycles. The number of hydrogen-bond acceptors (Lipinski definition) is 3. The Morgan fingerprint density at radius 3 is 2.95 bits per heavy atom. The summed E-state index contributed by atoms with van der Waals surface area (Å²) in [6.45, 7) is 1.64. The predicted octanol–water partition coefficient (Wildman–Crippen LogP) is 3.26. The maximum atomic E-state index is 13.1. The molecule has 104 valence electrons. The summed E-state index contributed by atoms with van der Waals surface area (Å²) in [5.74, 6) is 0.627. The van der Waals surface area contributed by atoms with E-state index in [9.17, 15) is 4.39 Å². The van der Waals surface area contributed by atoms with Crippen LogP contribution < -0.4 is 10.6 Å². The van der Waals surface area contributed by atoms with Crippen molar-refractivity contribution in [2.45, 2.75) is 25.4 Å². The van der Waals surface area contributed by atoms with Crippen LogP contribution >= 0.6 is 0 Å². The molecule has 0 spiro atoms. The molecule has 3 nitrogen and oxygen atoms in total. The second-order valence-electron chi connectivity index (χ2n) is 5.08.